The van der Waals surface area contributed by atoms with Crippen LogP contribution in [0.4, 0.5) is 8.78 Å². The van der Waals surface area contributed by atoms with E-state index < -0.39 is 29.7 Å². The van der Waals surface area contributed by atoms with E-state index in [4.69, 9.17) is 0 Å². The molecule has 1 saturated heterocycles. The summed E-state index contributed by atoms with van der Waals surface area (Å²) >= 11 is 0. The van der Waals surface area contributed by atoms with E-state index >= 15 is 0 Å². The average molecular weight is 271 g/mol. The molecular weight excluding hydrogens is 256 g/mol. The summed E-state index contributed by atoms with van der Waals surface area (Å²) in [5.74, 6) is -2.78. The van der Waals surface area contributed by atoms with Gasteiger partial charge in [-0.05, 0) is 18.9 Å². The molecule has 19 heavy (non-hydrogen) atoms. The Bertz CT molecular complexity index is 473. The SMILES string of the molecule is O=C(O)C(c1ccc(F)cc1F)N1CCC(O)CC1. The molecule has 1 atom stereocenters. The zero-order valence-electron chi connectivity index (χ0n) is 10.2. The van der Waals surface area contributed by atoms with Crippen molar-refractivity contribution in [3.05, 3.63) is 35.4 Å². The number of aliphatic hydroxyl groups is 1. The maximum Gasteiger partial charge on any atom is 0.325 e. The molecule has 0 amide bonds. The first kappa shape index (κ1) is 13.9. The summed E-state index contributed by atoms with van der Waals surface area (Å²) in [4.78, 5) is 12.9. The Morgan fingerprint density at radius 1 is 1.32 bits per heavy atom. The first-order chi connectivity index (χ1) is 8.99. The van der Waals surface area contributed by atoms with Crippen LogP contribution in [-0.2, 0) is 4.79 Å². The van der Waals surface area contributed by atoms with Gasteiger partial charge in [0.15, 0.2) is 0 Å². The van der Waals surface area contributed by atoms with Crippen LogP contribution in [0.5, 0.6) is 0 Å². The second kappa shape index (κ2) is 5.63. The van der Waals surface area contributed by atoms with Gasteiger partial charge in [-0.1, -0.05) is 6.07 Å². The van der Waals surface area contributed by atoms with Crippen LogP contribution in [0.1, 0.15) is 24.4 Å². The fraction of sp³-hybridized carbons (Fsp3) is 0.462. The van der Waals surface area contributed by atoms with E-state index in [2.05, 4.69) is 0 Å². The number of hydrogen-bond donors (Lipinski definition) is 2. The van der Waals surface area contributed by atoms with E-state index in [9.17, 15) is 23.8 Å². The van der Waals surface area contributed by atoms with Gasteiger partial charge in [0.2, 0.25) is 0 Å². The van der Waals surface area contributed by atoms with E-state index in [0.717, 1.165) is 12.1 Å². The maximum absolute atomic E-state index is 13.7. The fourth-order valence-corrected chi connectivity index (χ4v) is 2.35. The van der Waals surface area contributed by atoms with Gasteiger partial charge in [-0.15, -0.1) is 0 Å². The lowest BCUT2D eigenvalue weighted by molar-refractivity contribution is -0.144. The predicted molar refractivity (Wildman–Crippen MR) is 63.5 cm³/mol. The molecule has 0 aliphatic carbocycles. The van der Waals surface area contributed by atoms with E-state index in [-0.39, 0.29) is 5.56 Å². The fourth-order valence-electron chi connectivity index (χ4n) is 2.35. The largest absolute Gasteiger partial charge is 0.480 e. The van der Waals surface area contributed by atoms with Gasteiger partial charge in [0.1, 0.15) is 17.7 Å². The van der Waals surface area contributed by atoms with Crippen molar-refractivity contribution in [2.45, 2.75) is 25.0 Å². The molecule has 1 aliphatic heterocycles. The molecule has 104 valence electrons. The van der Waals surface area contributed by atoms with E-state index in [1.54, 1.807) is 4.90 Å². The molecule has 4 nitrogen and oxygen atoms in total. The Morgan fingerprint density at radius 3 is 2.47 bits per heavy atom. The number of hydrogen-bond acceptors (Lipinski definition) is 3. The molecule has 1 aromatic carbocycles. The van der Waals surface area contributed by atoms with Crippen molar-refractivity contribution < 1.29 is 23.8 Å². The van der Waals surface area contributed by atoms with E-state index in [1.807, 2.05) is 0 Å². The van der Waals surface area contributed by atoms with E-state index in [0.29, 0.717) is 32.0 Å². The predicted octanol–water partition coefficient (Wildman–Crippen LogP) is 1.55. The molecule has 1 heterocycles. The number of aliphatic hydroxyl groups excluding tert-OH is 1. The van der Waals surface area contributed by atoms with Crippen molar-refractivity contribution in [3.63, 3.8) is 0 Å². The molecule has 6 heteroatoms. The second-order valence-corrected chi connectivity index (χ2v) is 4.67. The standard InChI is InChI=1S/C13H15F2NO3/c14-8-1-2-10(11(15)7-8)12(13(18)19)16-5-3-9(17)4-6-16/h1-2,7,9,12,17H,3-6H2,(H,18,19). The summed E-state index contributed by atoms with van der Waals surface area (Å²) in [5, 5.41) is 18.7. The topological polar surface area (TPSA) is 60.8 Å². The van der Waals surface area contributed by atoms with Crippen molar-refractivity contribution in [1.82, 2.24) is 4.90 Å². The number of benzene rings is 1. The molecule has 2 rings (SSSR count). The lowest BCUT2D eigenvalue weighted by Gasteiger charge is -2.34. The highest BCUT2D eigenvalue weighted by Crippen LogP contribution is 2.27. The van der Waals surface area contributed by atoms with Crippen molar-refractivity contribution in [2.75, 3.05) is 13.1 Å². The Kier molecular flexibility index (Phi) is 4.11. The van der Waals surface area contributed by atoms with Crippen LogP contribution in [-0.4, -0.2) is 40.3 Å². The zero-order valence-corrected chi connectivity index (χ0v) is 10.2. The lowest BCUT2D eigenvalue weighted by Crippen LogP contribution is -2.41. The van der Waals surface area contributed by atoms with E-state index in [1.165, 1.54) is 0 Å². The molecule has 0 radical (unpaired) electrons. The van der Waals surface area contributed by atoms with Gasteiger partial charge in [0.05, 0.1) is 6.10 Å². The van der Waals surface area contributed by atoms with Crippen molar-refractivity contribution in [3.8, 4) is 0 Å². The van der Waals surface area contributed by atoms with Gasteiger partial charge in [-0.25, -0.2) is 8.78 Å². The lowest BCUT2D eigenvalue weighted by atomic mass is 10.00. The smallest absolute Gasteiger partial charge is 0.325 e. The van der Waals surface area contributed by atoms with Crippen LogP contribution in [0.3, 0.4) is 0 Å². The minimum atomic E-state index is -1.18. The minimum Gasteiger partial charge on any atom is -0.480 e. The van der Waals surface area contributed by atoms with Gasteiger partial charge >= 0.3 is 5.97 Å². The first-order valence-electron chi connectivity index (χ1n) is 6.09. The van der Waals surface area contributed by atoms with Crippen molar-refractivity contribution in [1.29, 1.82) is 0 Å². The summed E-state index contributed by atoms with van der Waals surface area (Å²) in [7, 11) is 0. The highest BCUT2D eigenvalue weighted by molar-refractivity contribution is 5.75. The molecule has 1 unspecified atom stereocenters. The Morgan fingerprint density at radius 2 is 1.95 bits per heavy atom. The number of piperidine rings is 1. The summed E-state index contributed by atoms with van der Waals surface area (Å²) in [5.41, 5.74) is -0.0507. The van der Waals surface area contributed by atoms with Gasteiger partial charge in [0, 0.05) is 24.7 Å². The number of carbonyl (C=O) groups is 1. The van der Waals surface area contributed by atoms with Crippen LogP contribution < -0.4 is 0 Å². The highest BCUT2D eigenvalue weighted by atomic mass is 19.1. The van der Waals surface area contributed by atoms with Gasteiger partial charge < -0.3 is 10.2 Å². The normalized spacial score (nSPS) is 19.3. The second-order valence-electron chi connectivity index (χ2n) is 4.67. The van der Waals surface area contributed by atoms with Crippen molar-refractivity contribution in [2.24, 2.45) is 0 Å². The van der Waals surface area contributed by atoms with Crippen LogP contribution in [0.15, 0.2) is 18.2 Å². The summed E-state index contributed by atoms with van der Waals surface area (Å²) in [6.45, 7) is 0.740. The number of nitrogens with zero attached hydrogens (tertiary/aromatic N) is 1. The quantitative estimate of drug-likeness (QED) is 0.875. The number of halogens is 2. The maximum atomic E-state index is 13.7. The molecular formula is C13H15F2NO3. The summed E-state index contributed by atoms with van der Waals surface area (Å²) in [6.07, 6.45) is 0.461. The molecule has 1 fully saturated rings. The van der Waals surface area contributed by atoms with Crippen LogP contribution in [0.25, 0.3) is 0 Å². The molecule has 2 N–H and O–H groups in total. The van der Waals surface area contributed by atoms with Gasteiger partial charge in [0.25, 0.3) is 0 Å². The minimum absolute atomic E-state index is 0.0507. The van der Waals surface area contributed by atoms with Crippen LogP contribution >= 0.6 is 0 Å². The highest BCUT2D eigenvalue weighted by Gasteiger charge is 2.32. The monoisotopic (exact) mass is 271 g/mol. The third kappa shape index (κ3) is 3.08. The van der Waals surface area contributed by atoms with Gasteiger partial charge in [-0.2, -0.15) is 0 Å². The zero-order chi connectivity index (χ0) is 14.0. The Labute approximate surface area is 109 Å². The molecule has 0 spiro atoms. The van der Waals surface area contributed by atoms with Crippen molar-refractivity contribution >= 4 is 5.97 Å². The summed E-state index contributed by atoms with van der Waals surface area (Å²) in [6, 6.07) is 1.75. The molecule has 1 aromatic rings. The number of rotatable bonds is 3. The molecule has 0 aromatic heterocycles. The average Bonchev–Trinajstić information content (AvgIpc) is 2.34. The van der Waals surface area contributed by atoms with Crippen LogP contribution in [0.2, 0.25) is 0 Å². The Balaban J connectivity index is 2.27. The summed E-state index contributed by atoms with van der Waals surface area (Å²) < 4.78 is 26.6. The number of aliphatic carboxylic acids is 1. The van der Waals surface area contributed by atoms with Gasteiger partial charge in [-0.3, -0.25) is 9.69 Å². The third-order valence-electron chi connectivity index (χ3n) is 3.36. The van der Waals surface area contributed by atoms with Crippen LogP contribution in [0, 0.1) is 11.6 Å². The molecule has 1 aliphatic rings. The first-order valence-corrected chi connectivity index (χ1v) is 6.09. The Hall–Kier alpha value is -1.53. The number of carboxylic acid groups (broad SMARTS) is 1. The molecule has 0 bridgehead atoms. The molecule has 0 saturated carbocycles. The number of likely N-dealkylation sites (tertiary alicyclic amines) is 1. The number of carboxylic acids is 1. The third-order valence-corrected chi connectivity index (χ3v) is 3.36.